The highest BCUT2D eigenvalue weighted by Gasteiger charge is 2.14. The Balaban J connectivity index is 3.03. The Kier molecular flexibility index (Phi) is 3.78. The first kappa shape index (κ1) is 11.6. The summed E-state index contributed by atoms with van der Waals surface area (Å²) < 4.78 is 0. The number of rotatable bonds is 4. The number of ketones is 2. The molecule has 0 aromatic heterocycles. The van der Waals surface area contributed by atoms with Gasteiger partial charge in [0.25, 0.3) is 0 Å². The molecule has 1 aromatic carbocycles. The molecule has 2 heteroatoms. The first-order valence-corrected chi connectivity index (χ1v) is 5.15. The van der Waals surface area contributed by atoms with Gasteiger partial charge in [-0.2, -0.15) is 0 Å². The SMILES string of the molecule is CC(=O)c1ccccc1C(=O)CC(C)C. The predicted octanol–water partition coefficient (Wildman–Crippen LogP) is 3.12. The summed E-state index contributed by atoms with van der Waals surface area (Å²) in [6.07, 6.45) is 0.490. The van der Waals surface area contributed by atoms with Crippen molar-refractivity contribution in [1.29, 1.82) is 0 Å². The van der Waals surface area contributed by atoms with E-state index in [0.717, 1.165) is 0 Å². The molecule has 15 heavy (non-hydrogen) atoms. The normalized spacial score (nSPS) is 10.4. The van der Waals surface area contributed by atoms with E-state index in [2.05, 4.69) is 0 Å². The van der Waals surface area contributed by atoms with Crippen molar-refractivity contribution in [2.45, 2.75) is 27.2 Å². The fourth-order valence-electron chi connectivity index (χ4n) is 1.51. The van der Waals surface area contributed by atoms with Crippen LogP contribution in [0.1, 0.15) is 47.9 Å². The summed E-state index contributed by atoms with van der Waals surface area (Å²) in [4.78, 5) is 23.1. The van der Waals surface area contributed by atoms with Crippen LogP contribution >= 0.6 is 0 Å². The molecule has 0 bridgehead atoms. The molecule has 1 rings (SSSR count). The number of hydrogen-bond acceptors (Lipinski definition) is 2. The number of hydrogen-bond donors (Lipinski definition) is 0. The van der Waals surface area contributed by atoms with Crippen LogP contribution in [0.5, 0.6) is 0 Å². The van der Waals surface area contributed by atoms with Crippen molar-refractivity contribution >= 4 is 11.6 Å². The minimum absolute atomic E-state index is 0.0517. The molecule has 0 N–H and O–H groups in total. The molecule has 0 unspecified atom stereocenters. The van der Waals surface area contributed by atoms with Gasteiger partial charge in [-0.3, -0.25) is 9.59 Å². The van der Waals surface area contributed by atoms with Crippen LogP contribution in [0, 0.1) is 5.92 Å². The van der Waals surface area contributed by atoms with Gasteiger partial charge in [0.2, 0.25) is 0 Å². The molecule has 80 valence electrons. The van der Waals surface area contributed by atoms with Crippen molar-refractivity contribution < 1.29 is 9.59 Å². The average molecular weight is 204 g/mol. The van der Waals surface area contributed by atoms with E-state index in [1.165, 1.54) is 6.92 Å². The Bertz CT molecular complexity index is 378. The molecule has 0 radical (unpaired) electrons. The molecule has 0 atom stereocenters. The van der Waals surface area contributed by atoms with Crippen LogP contribution in [0.25, 0.3) is 0 Å². The standard InChI is InChI=1S/C13H16O2/c1-9(2)8-13(15)12-7-5-4-6-11(12)10(3)14/h4-7,9H,8H2,1-3H3. The zero-order valence-electron chi connectivity index (χ0n) is 9.41. The summed E-state index contributed by atoms with van der Waals surface area (Å²) in [5.74, 6) is 0.316. The van der Waals surface area contributed by atoms with Crippen LogP contribution in [-0.2, 0) is 0 Å². The Morgan fingerprint density at radius 2 is 1.67 bits per heavy atom. The van der Waals surface area contributed by atoms with Crippen LogP contribution in [0.3, 0.4) is 0 Å². The fraction of sp³-hybridized carbons (Fsp3) is 0.385. The topological polar surface area (TPSA) is 34.1 Å². The zero-order valence-corrected chi connectivity index (χ0v) is 9.41. The maximum absolute atomic E-state index is 11.8. The lowest BCUT2D eigenvalue weighted by Gasteiger charge is -2.07. The fourth-order valence-corrected chi connectivity index (χ4v) is 1.51. The van der Waals surface area contributed by atoms with E-state index in [1.807, 2.05) is 13.8 Å². The third-order valence-corrected chi connectivity index (χ3v) is 2.20. The monoisotopic (exact) mass is 204 g/mol. The van der Waals surface area contributed by atoms with Gasteiger partial charge in [-0.15, -0.1) is 0 Å². The van der Waals surface area contributed by atoms with E-state index in [0.29, 0.717) is 23.5 Å². The van der Waals surface area contributed by atoms with E-state index in [9.17, 15) is 9.59 Å². The molecule has 0 spiro atoms. The van der Waals surface area contributed by atoms with Gasteiger partial charge < -0.3 is 0 Å². The minimum atomic E-state index is -0.0530. The molecule has 0 fully saturated rings. The van der Waals surface area contributed by atoms with Gasteiger partial charge in [0.1, 0.15) is 0 Å². The molecule has 0 amide bonds. The Hall–Kier alpha value is -1.44. The quantitative estimate of drug-likeness (QED) is 0.706. The van der Waals surface area contributed by atoms with E-state index in [1.54, 1.807) is 24.3 Å². The second kappa shape index (κ2) is 4.87. The molecule has 2 nitrogen and oxygen atoms in total. The van der Waals surface area contributed by atoms with E-state index in [4.69, 9.17) is 0 Å². The summed E-state index contributed by atoms with van der Waals surface area (Å²) in [7, 11) is 0. The van der Waals surface area contributed by atoms with Crippen molar-refractivity contribution in [2.24, 2.45) is 5.92 Å². The van der Waals surface area contributed by atoms with Gasteiger partial charge in [-0.25, -0.2) is 0 Å². The molecule has 0 saturated heterocycles. The van der Waals surface area contributed by atoms with Crippen LogP contribution in [0.15, 0.2) is 24.3 Å². The molecule has 0 aliphatic carbocycles. The summed E-state index contributed by atoms with van der Waals surface area (Å²) in [6.45, 7) is 5.48. The second-order valence-corrected chi connectivity index (χ2v) is 4.12. The average Bonchev–Trinajstić information content (AvgIpc) is 2.16. The minimum Gasteiger partial charge on any atom is -0.294 e. The number of carbonyl (C=O) groups excluding carboxylic acids is 2. The molecule has 0 aliphatic heterocycles. The van der Waals surface area contributed by atoms with Crippen molar-refractivity contribution in [2.75, 3.05) is 0 Å². The summed E-state index contributed by atoms with van der Waals surface area (Å²) in [5.41, 5.74) is 1.09. The number of benzene rings is 1. The second-order valence-electron chi connectivity index (χ2n) is 4.12. The lowest BCUT2D eigenvalue weighted by Crippen LogP contribution is -2.09. The van der Waals surface area contributed by atoms with Gasteiger partial charge in [-0.05, 0) is 12.8 Å². The van der Waals surface area contributed by atoms with E-state index in [-0.39, 0.29) is 11.6 Å². The van der Waals surface area contributed by atoms with Crippen LogP contribution in [0.4, 0.5) is 0 Å². The molecule has 0 aliphatic rings. The highest BCUT2D eigenvalue weighted by Crippen LogP contribution is 2.14. The Morgan fingerprint density at radius 3 is 2.13 bits per heavy atom. The summed E-state index contributed by atoms with van der Waals surface area (Å²) >= 11 is 0. The maximum Gasteiger partial charge on any atom is 0.163 e. The van der Waals surface area contributed by atoms with E-state index < -0.39 is 0 Å². The number of carbonyl (C=O) groups is 2. The highest BCUT2D eigenvalue weighted by atomic mass is 16.1. The third-order valence-electron chi connectivity index (χ3n) is 2.20. The number of Topliss-reactive ketones (excluding diaryl/α,β-unsaturated/α-hetero) is 2. The van der Waals surface area contributed by atoms with Crippen molar-refractivity contribution in [3.63, 3.8) is 0 Å². The van der Waals surface area contributed by atoms with Crippen molar-refractivity contribution in [1.82, 2.24) is 0 Å². The van der Waals surface area contributed by atoms with E-state index >= 15 is 0 Å². The largest absolute Gasteiger partial charge is 0.294 e. The lowest BCUT2D eigenvalue weighted by atomic mass is 9.96. The highest BCUT2D eigenvalue weighted by molar-refractivity contribution is 6.08. The lowest BCUT2D eigenvalue weighted by molar-refractivity contribution is 0.0950. The van der Waals surface area contributed by atoms with Gasteiger partial charge >= 0.3 is 0 Å². The summed E-state index contributed by atoms with van der Waals surface area (Å²) in [5, 5.41) is 0. The first-order chi connectivity index (χ1) is 7.02. The molecular formula is C13H16O2. The Labute approximate surface area is 90.3 Å². The van der Waals surface area contributed by atoms with Gasteiger partial charge in [0, 0.05) is 17.5 Å². The summed E-state index contributed by atoms with van der Waals surface area (Å²) in [6, 6.07) is 7.00. The van der Waals surface area contributed by atoms with Crippen molar-refractivity contribution in [3.8, 4) is 0 Å². The van der Waals surface area contributed by atoms with Gasteiger partial charge in [0.15, 0.2) is 11.6 Å². The van der Waals surface area contributed by atoms with Crippen molar-refractivity contribution in [3.05, 3.63) is 35.4 Å². The van der Waals surface area contributed by atoms with Crippen LogP contribution in [-0.4, -0.2) is 11.6 Å². The first-order valence-electron chi connectivity index (χ1n) is 5.15. The molecular weight excluding hydrogens is 188 g/mol. The van der Waals surface area contributed by atoms with Crippen LogP contribution < -0.4 is 0 Å². The molecule has 0 saturated carbocycles. The molecule has 1 aromatic rings. The smallest absolute Gasteiger partial charge is 0.163 e. The molecule has 0 heterocycles. The Morgan fingerprint density at radius 1 is 1.13 bits per heavy atom. The maximum atomic E-state index is 11.8. The van der Waals surface area contributed by atoms with Crippen LogP contribution in [0.2, 0.25) is 0 Å². The predicted molar refractivity (Wildman–Crippen MR) is 60.2 cm³/mol. The third kappa shape index (κ3) is 3.01. The van der Waals surface area contributed by atoms with Gasteiger partial charge in [0.05, 0.1) is 0 Å². The van der Waals surface area contributed by atoms with Gasteiger partial charge in [-0.1, -0.05) is 38.1 Å². The zero-order chi connectivity index (χ0) is 11.4.